The van der Waals surface area contributed by atoms with E-state index in [-0.39, 0.29) is 5.69 Å². The van der Waals surface area contributed by atoms with Gasteiger partial charge in [0.1, 0.15) is 0 Å². The molecule has 0 aromatic heterocycles. The van der Waals surface area contributed by atoms with Crippen LogP contribution in [0.25, 0.3) is 0 Å². The number of halogens is 4. The minimum atomic E-state index is -4.33. The van der Waals surface area contributed by atoms with E-state index in [9.17, 15) is 13.2 Å². The number of piperidine rings is 1. The lowest BCUT2D eigenvalue weighted by atomic mass is 9.98. The van der Waals surface area contributed by atoms with Crippen LogP contribution in [-0.2, 0) is 6.18 Å². The van der Waals surface area contributed by atoms with Crippen molar-refractivity contribution in [3.8, 4) is 0 Å². The Kier molecular flexibility index (Phi) is 4.96. The third-order valence-electron chi connectivity index (χ3n) is 3.59. The molecule has 1 N–H and O–H groups in total. The summed E-state index contributed by atoms with van der Waals surface area (Å²) in [7, 11) is 2.05. The van der Waals surface area contributed by atoms with Crippen LogP contribution >= 0.6 is 15.9 Å². The van der Waals surface area contributed by atoms with Crippen molar-refractivity contribution in [2.24, 2.45) is 5.92 Å². The molecule has 1 aromatic carbocycles. The fourth-order valence-electron chi connectivity index (χ4n) is 2.60. The van der Waals surface area contributed by atoms with Gasteiger partial charge in [0.2, 0.25) is 0 Å². The lowest BCUT2D eigenvalue weighted by molar-refractivity contribution is -0.137. The van der Waals surface area contributed by atoms with Crippen molar-refractivity contribution >= 4 is 21.6 Å². The number of hydrogen-bond donors (Lipinski definition) is 1. The Bertz CT molecular complexity index is 462. The quantitative estimate of drug-likeness (QED) is 0.877. The van der Waals surface area contributed by atoms with Crippen LogP contribution in [0, 0.1) is 5.92 Å². The largest absolute Gasteiger partial charge is 0.418 e. The SMILES string of the molecule is CN1CCCC(CNc2cc(Br)ccc2C(F)(F)F)C1. The van der Waals surface area contributed by atoms with Gasteiger partial charge in [-0.15, -0.1) is 0 Å². The van der Waals surface area contributed by atoms with Gasteiger partial charge in [0.25, 0.3) is 0 Å². The predicted octanol–water partition coefficient (Wildman–Crippen LogP) is 4.22. The molecule has 1 heterocycles. The highest BCUT2D eigenvalue weighted by molar-refractivity contribution is 9.10. The van der Waals surface area contributed by atoms with Crippen LogP contribution in [0.5, 0.6) is 0 Å². The first-order chi connectivity index (χ1) is 9.36. The van der Waals surface area contributed by atoms with Crippen molar-refractivity contribution < 1.29 is 13.2 Å². The zero-order chi connectivity index (χ0) is 14.8. The van der Waals surface area contributed by atoms with Crippen LogP contribution in [-0.4, -0.2) is 31.6 Å². The molecule has 6 heteroatoms. The van der Waals surface area contributed by atoms with Crippen LogP contribution in [0.15, 0.2) is 22.7 Å². The molecule has 1 aromatic rings. The summed E-state index contributed by atoms with van der Waals surface area (Å²) in [5.74, 6) is 0.397. The van der Waals surface area contributed by atoms with Gasteiger partial charge in [-0.3, -0.25) is 0 Å². The highest BCUT2D eigenvalue weighted by Crippen LogP contribution is 2.36. The first kappa shape index (κ1) is 15.6. The molecule has 2 nitrogen and oxygen atoms in total. The summed E-state index contributed by atoms with van der Waals surface area (Å²) in [4.78, 5) is 2.22. The second-order valence-electron chi connectivity index (χ2n) is 5.34. The first-order valence-corrected chi connectivity index (χ1v) is 7.44. The van der Waals surface area contributed by atoms with Gasteiger partial charge in [-0.2, -0.15) is 13.2 Å². The topological polar surface area (TPSA) is 15.3 Å². The van der Waals surface area contributed by atoms with Gasteiger partial charge in [-0.1, -0.05) is 15.9 Å². The van der Waals surface area contributed by atoms with Gasteiger partial charge >= 0.3 is 6.18 Å². The smallest absolute Gasteiger partial charge is 0.384 e. The summed E-state index contributed by atoms with van der Waals surface area (Å²) in [6.07, 6.45) is -2.16. The molecule has 0 radical (unpaired) electrons. The molecule has 1 fully saturated rings. The summed E-state index contributed by atoms with van der Waals surface area (Å²) < 4.78 is 39.5. The Balaban J connectivity index is 2.06. The van der Waals surface area contributed by atoms with E-state index in [1.807, 2.05) is 7.05 Å². The average molecular weight is 351 g/mol. The second-order valence-corrected chi connectivity index (χ2v) is 6.25. The third-order valence-corrected chi connectivity index (χ3v) is 4.08. The van der Waals surface area contributed by atoms with Gasteiger partial charge in [0.15, 0.2) is 0 Å². The van der Waals surface area contributed by atoms with Crippen LogP contribution in [0.2, 0.25) is 0 Å². The number of nitrogens with zero attached hydrogens (tertiary/aromatic N) is 1. The second kappa shape index (κ2) is 6.35. The van der Waals surface area contributed by atoms with Crippen molar-refractivity contribution in [2.75, 3.05) is 32.0 Å². The molecule has 0 spiro atoms. The molecule has 1 atom stereocenters. The molecule has 0 amide bonds. The van der Waals surface area contributed by atoms with E-state index in [4.69, 9.17) is 0 Å². The minimum Gasteiger partial charge on any atom is -0.384 e. The van der Waals surface area contributed by atoms with Crippen LogP contribution < -0.4 is 5.32 Å². The van der Waals surface area contributed by atoms with Gasteiger partial charge in [-0.05, 0) is 50.6 Å². The summed E-state index contributed by atoms with van der Waals surface area (Å²) >= 11 is 3.22. The van der Waals surface area contributed by atoms with E-state index in [1.165, 1.54) is 12.1 Å². The summed E-state index contributed by atoms with van der Waals surface area (Å²) in [5, 5.41) is 2.97. The lowest BCUT2D eigenvalue weighted by Crippen LogP contribution is -2.35. The van der Waals surface area contributed by atoms with Gasteiger partial charge in [-0.25, -0.2) is 0 Å². The fraction of sp³-hybridized carbons (Fsp3) is 0.571. The maximum absolute atomic E-state index is 12.9. The fourth-order valence-corrected chi connectivity index (χ4v) is 2.97. The molecule has 112 valence electrons. The Labute approximate surface area is 125 Å². The van der Waals surface area contributed by atoms with E-state index in [0.29, 0.717) is 16.9 Å². The maximum atomic E-state index is 12.9. The Hall–Kier alpha value is -0.750. The number of anilines is 1. The summed E-state index contributed by atoms with van der Waals surface area (Å²) in [6, 6.07) is 4.02. The number of benzene rings is 1. The molecule has 0 saturated carbocycles. The molecular formula is C14H18BrF3N2. The van der Waals surface area contributed by atoms with Gasteiger partial charge < -0.3 is 10.2 Å². The Morgan fingerprint density at radius 2 is 2.15 bits per heavy atom. The van der Waals surface area contributed by atoms with E-state index in [1.54, 1.807) is 0 Å². The van der Waals surface area contributed by atoms with Gasteiger partial charge in [0, 0.05) is 23.2 Å². The predicted molar refractivity (Wildman–Crippen MR) is 77.9 cm³/mol. The van der Waals surface area contributed by atoms with E-state index < -0.39 is 11.7 Å². The number of rotatable bonds is 3. The van der Waals surface area contributed by atoms with Crippen LogP contribution in [0.1, 0.15) is 18.4 Å². The van der Waals surface area contributed by atoms with E-state index in [2.05, 4.69) is 26.1 Å². The highest BCUT2D eigenvalue weighted by Gasteiger charge is 2.33. The van der Waals surface area contributed by atoms with Gasteiger partial charge in [0.05, 0.1) is 5.56 Å². The molecule has 1 aliphatic heterocycles. The molecule has 1 aliphatic rings. The molecule has 0 bridgehead atoms. The first-order valence-electron chi connectivity index (χ1n) is 6.65. The number of likely N-dealkylation sites (tertiary alicyclic amines) is 1. The zero-order valence-electron chi connectivity index (χ0n) is 11.3. The number of nitrogens with one attached hydrogen (secondary N) is 1. The number of hydrogen-bond acceptors (Lipinski definition) is 2. The molecule has 1 saturated heterocycles. The molecule has 2 rings (SSSR count). The minimum absolute atomic E-state index is 0.153. The normalized spacial score (nSPS) is 20.9. The summed E-state index contributed by atoms with van der Waals surface area (Å²) in [6.45, 7) is 2.58. The third kappa shape index (κ3) is 4.12. The van der Waals surface area contributed by atoms with E-state index >= 15 is 0 Å². The lowest BCUT2D eigenvalue weighted by Gasteiger charge is -2.30. The van der Waals surface area contributed by atoms with Crippen molar-refractivity contribution in [3.63, 3.8) is 0 Å². The van der Waals surface area contributed by atoms with Crippen LogP contribution in [0.4, 0.5) is 18.9 Å². The highest BCUT2D eigenvalue weighted by atomic mass is 79.9. The monoisotopic (exact) mass is 350 g/mol. The summed E-state index contributed by atoms with van der Waals surface area (Å²) in [5.41, 5.74) is -0.454. The van der Waals surface area contributed by atoms with Crippen molar-refractivity contribution in [3.05, 3.63) is 28.2 Å². The molecule has 20 heavy (non-hydrogen) atoms. The average Bonchev–Trinajstić information content (AvgIpc) is 2.35. The molecule has 0 aliphatic carbocycles. The maximum Gasteiger partial charge on any atom is 0.418 e. The Morgan fingerprint density at radius 1 is 1.40 bits per heavy atom. The molecule has 1 unspecified atom stereocenters. The van der Waals surface area contributed by atoms with Crippen LogP contribution in [0.3, 0.4) is 0 Å². The zero-order valence-corrected chi connectivity index (χ0v) is 12.9. The van der Waals surface area contributed by atoms with Crippen molar-refractivity contribution in [2.45, 2.75) is 19.0 Å². The van der Waals surface area contributed by atoms with Crippen molar-refractivity contribution in [1.29, 1.82) is 0 Å². The standard InChI is InChI=1S/C14H18BrF3N2/c1-20-6-2-3-10(9-20)8-19-13-7-11(15)4-5-12(13)14(16,17)18/h4-5,7,10,19H,2-3,6,8-9H2,1H3. The number of alkyl halides is 3. The van der Waals surface area contributed by atoms with E-state index in [0.717, 1.165) is 32.0 Å². The Morgan fingerprint density at radius 3 is 2.80 bits per heavy atom. The molecular weight excluding hydrogens is 333 g/mol. The van der Waals surface area contributed by atoms with Crippen molar-refractivity contribution in [1.82, 2.24) is 4.90 Å².